The summed E-state index contributed by atoms with van der Waals surface area (Å²) in [5.74, 6) is 2.47. The summed E-state index contributed by atoms with van der Waals surface area (Å²) in [7, 11) is 0. The van der Waals surface area contributed by atoms with Crippen LogP contribution in [0.5, 0.6) is 0 Å². The maximum Gasteiger partial charge on any atom is 0.203 e. The lowest BCUT2D eigenvalue weighted by Crippen LogP contribution is -2.47. The number of halogens is 1. The molecule has 0 aliphatic carbocycles. The van der Waals surface area contributed by atoms with Crippen LogP contribution in [0.25, 0.3) is 11.5 Å². The smallest absolute Gasteiger partial charge is 0.203 e. The number of anilines is 2. The van der Waals surface area contributed by atoms with E-state index < -0.39 is 0 Å². The molecule has 1 fully saturated rings. The van der Waals surface area contributed by atoms with Crippen LogP contribution in [0.3, 0.4) is 0 Å². The Morgan fingerprint density at radius 2 is 1.82 bits per heavy atom. The topological polar surface area (TPSA) is 73.8 Å². The van der Waals surface area contributed by atoms with Gasteiger partial charge in [-0.3, -0.25) is 0 Å². The van der Waals surface area contributed by atoms with Crippen molar-refractivity contribution in [1.82, 2.24) is 24.9 Å². The summed E-state index contributed by atoms with van der Waals surface area (Å²) < 4.78 is 0. The first kappa shape index (κ1) is 13.3. The monoisotopic (exact) mass is 315 g/mol. The second-order valence-electron chi connectivity index (χ2n) is 5.08. The highest BCUT2D eigenvalue weighted by Gasteiger charge is 2.24. The highest BCUT2D eigenvalue weighted by atomic mass is 35.5. The van der Waals surface area contributed by atoms with Gasteiger partial charge in [0.05, 0.1) is 0 Å². The maximum atomic E-state index is 6.04. The summed E-state index contributed by atoms with van der Waals surface area (Å²) in [6, 6.07) is 5.97. The molecule has 0 bridgehead atoms. The van der Waals surface area contributed by atoms with Crippen LogP contribution in [0.1, 0.15) is 0 Å². The number of nitrogens with zero attached hydrogens (tertiary/aromatic N) is 6. The first-order chi connectivity index (χ1) is 10.8. The molecular formula is C14H14ClN7. The first-order valence-electron chi connectivity index (χ1n) is 7.08. The second kappa shape index (κ2) is 5.42. The number of hydrogen-bond donors (Lipinski definition) is 1. The van der Waals surface area contributed by atoms with Gasteiger partial charge in [-0.15, -0.1) is 0 Å². The van der Waals surface area contributed by atoms with Crippen molar-refractivity contribution in [3.8, 4) is 11.5 Å². The minimum Gasteiger partial charge on any atom is -0.353 e. The first-order valence-corrected chi connectivity index (χ1v) is 7.46. The summed E-state index contributed by atoms with van der Waals surface area (Å²) in [5, 5.41) is 0.329. The molecule has 1 saturated heterocycles. The number of hydrogen-bond acceptors (Lipinski definition) is 6. The van der Waals surface area contributed by atoms with E-state index in [9.17, 15) is 0 Å². The third kappa shape index (κ3) is 2.33. The molecular weight excluding hydrogens is 302 g/mol. The van der Waals surface area contributed by atoms with Gasteiger partial charge in [0.15, 0.2) is 11.5 Å². The zero-order valence-electron chi connectivity index (χ0n) is 11.8. The third-order valence-corrected chi connectivity index (χ3v) is 3.98. The number of nitrogens with one attached hydrogen (secondary N) is 1. The maximum absolute atomic E-state index is 6.04. The summed E-state index contributed by atoms with van der Waals surface area (Å²) in [6.45, 7) is 3.49. The molecule has 22 heavy (non-hydrogen) atoms. The van der Waals surface area contributed by atoms with Crippen LogP contribution in [-0.4, -0.2) is 51.1 Å². The number of piperazine rings is 1. The van der Waals surface area contributed by atoms with Gasteiger partial charge in [-0.25, -0.2) is 15.0 Å². The van der Waals surface area contributed by atoms with Crippen LogP contribution in [0.15, 0.2) is 30.7 Å². The third-order valence-electron chi connectivity index (χ3n) is 3.80. The summed E-state index contributed by atoms with van der Waals surface area (Å²) in [6.07, 6.45) is 3.33. The largest absolute Gasteiger partial charge is 0.353 e. The summed E-state index contributed by atoms with van der Waals surface area (Å²) in [4.78, 5) is 24.6. The lowest BCUT2D eigenvalue weighted by atomic mass is 10.2. The van der Waals surface area contributed by atoms with Gasteiger partial charge in [0.1, 0.15) is 18.0 Å². The zero-order valence-corrected chi connectivity index (χ0v) is 12.5. The van der Waals surface area contributed by atoms with Crippen molar-refractivity contribution in [1.29, 1.82) is 0 Å². The lowest BCUT2D eigenvalue weighted by Gasteiger charge is -2.36. The van der Waals surface area contributed by atoms with Crippen LogP contribution < -0.4 is 9.80 Å². The van der Waals surface area contributed by atoms with Gasteiger partial charge < -0.3 is 14.8 Å². The Morgan fingerprint density at radius 1 is 1.00 bits per heavy atom. The molecule has 4 rings (SSSR count). The van der Waals surface area contributed by atoms with E-state index in [1.54, 1.807) is 0 Å². The van der Waals surface area contributed by atoms with Crippen molar-refractivity contribution in [3.05, 3.63) is 36.0 Å². The molecule has 0 spiro atoms. The van der Waals surface area contributed by atoms with Crippen LogP contribution in [0, 0.1) is 0 Å². The van der Waals surface area contributed by atoms with Crippen LogP contribution in [-0.2, 0) is 0 Å². The molecule has 0 unspecified atom stereocenters. The summed E-state index contributed by atoms with van der Waals surface area (Å²) >= 11 is 6.04. The molecule has 112 valence electrons. The Morgan fingerprint density at radius 3 is 2.59 bits per heavy atom. The molecule has 3 aliphatic heterocycles. The van der Waals surface area contributed by atoms with Gasteiger partial charge in [0.2, 0.25) is 5.28 Å². The number of aromatic nitrogens is 5. The minimum atomic E-state index is 0.329. The van der Waals surface area contributed by atoms with E-state index in [0.717, 1.165) is 43.5 Å². The zero-order chi connectivity index (χ0) is 14.9. The Kier molecular flexibility index (Phi) is 3.27. The Bertz CT molecular complexity index is 736. The van der Waals surface area contributed by atoms with Crippen molar-refractivity contribution in [2.45, 2.75) is 0 Å². The van der Waals surface area contributed by atoms with E-state index in [-0.39, 0.29) is 0 Å². The number of H-pyrrole nitrogens is 1. The van der Waals surface area contributed by atoms with Crippen LogP contribution in [0.4, 0.5) is 11.6 Å². The fraction of sp³-hybridized carbons (Fsp3) is 0.286. The number of rotatable bonds is 2. The van der Waals surface area contributed by atoms with Crippen LogP contribution >= 0.6 is 11.6 Å². The van der Waals surface area contributed by atoms with E-state index in [4.69, 9.17) is 11.6 Å². The Labute approximate surface area is 132 Å². The molecule has 0 saturated carbocycles. The van der Waals surface area contributed by atoms with Crippen molar-refractivity contribution >= 4 is 23.2 Å². The number of aromatic amines is 1. The average molecular weight is 316 g/mol. The van der Waals surface area contributed by atoms with E-state index in [1.165, 1.54) is 6.33 Å². The predicted octanol–water partition coefficient (Wildman–Crippen LogP) is 1.68. The van der Waals surface area contributed by atoms with Crippen LogP contribution in [0.2, 0.25) is 5.28 Å². The highest BCUT2D eigenvalue weighted by Crippen LogP contribution is 2.28. The molecule has 0 amide bonds. The molecule has 1 N–H and O–H groups in total. The molecule has 1 aromatic rings. The van der Waals surface area contributed by atoms with Gasteiger partial charge in [0, 0.05) is 32.4 Å². The van der Waals surface area contributed by atoms with Gasteiger partial charge in [-0.05, 0) is 23.7 Å². The predicted molar refractivity (Wildman–Crippen MR) is 84.5 cm³/mol. The SMILES string of the molecule is Clc1nc2ncnc-2c(N2CCN(c3ccccn3)CC2)[nH]1. The lowest BCUT2D eigenvalue weighted by molar-refractivity contribution is 0.641. The Balaban J connectivity index is 1.55. The van der Waals surface area contributed by atoms with Gasteiger partial charge in [-0.2, -0.15) is 4.98 Å². The van der Waals surface area contributed by atoms with Crippen molar-refractivity contribution in [3.63, 3.8) is 0 Å². The molecule has 1 aromatic heterocycles. The fourth-order valence-corrected chi connectivity index (χ4v) is 2.89. The number of fused-ring (bicyclic) bond motifs is 1. The van der Waals surface area contributed by atoms with Gasteiger partial charge in [-0.1, -0.05) is 6.07 Å². The molecule has 3 aliphatic rings. The highest BCUT2D eigenvalue weighted by molar-refractivity contribution is 6.28. The quantitative estimate of drug-likeness (QED) is 0.725. The van der Waals surface area contributed by atoms with Crippen molar-refractivity contribution < 1.29 is 0 Å². The standard InChI is InChI=1S/C14H14ClN7/c15-14-19-12-11(17-9-18-12)13(20-14)22-7-5-21(6-8-22)10-3-1-2-4-16-10/h1-4,9H,5-8H2,(H,17,18,19,20). The minimum absolute atomic E-state index is 0.329. The molecule has 8 heteroatoms. The summed E-state index contributed by atoms with van der Waals surface area (Å²) in [5.41, 5.74) is 0.760. The second-order valence-corrected chi connectivity index (χ2v) is 5.44. The van der Waals surface area contributed by atoms with E-state index >= 15 is 0 Å². The van der Waals surface area contributed by atoms with E-state index in [1.807, 2.05) is 24.4 Å². The average Bonchev–Trinajstić information content (AvgIpc) is 3.03. The number of imidazole rings is 1. The molecule has 0 aromatic carbocycles. The van der Waals surface area contributed by atoms with E-state index in [0.29, 0.717) is 11.1 Å². The Hall–Kier alpha value is -2.41. The molecule has 0 radical (unpaired) electrons. The van der Waals surface area contributed by atoms with E-state index in [2.05, 4.69) is 34.7 Å². The van der Waals surface area contributed by atoms with Crippen molar-refractivity contribution in [2.75, 3.05) is 36.0 Å². The van der Waals surface area contributed by atoms with Crippen molar-refractivity contribution in [2.24, 2.45) is 0 Å². The molecule has 0 atom stereocenters. The molecule has 7 nitrogen and oxygen atoms in total. The molecule has 4 heterocycles. The van der Waals surface area contributed by atoms with Gasteiger partial charge >= 0.3 is 0 Å². The fourth-order valence-electron chi connectivity index (χ4n) is 2.72. The van der Waals surface area contributed by atoms with Gasteiger partial charge in [0.25, 0.3) is 0 Å². The number of pyridine rings is 1. The normalized spacial score (nSPS) is 15.5.